The van der Waals surface area contributed by atoms with E-state index in [4.69, 9.17) is 0 Å². The van der Waals surface area contributed by atoms with E-state index in [0.717, 1.165) is 15.6 Å². The van der Waals surface area contributed by atoms with Gasteiger partial charge in [-0.1, -0.05) is 75.6 Å². The van der Waals surface area contributed by atoms with Crippen molar-refractivity contribution in [3.8, 4) is 0 Å². The Kier molecular flexibility index (Phi) is 6.16. The molecular formula is C23H21BrO3S. The third-order valence-corrected chi connectivity index (χ3v) is 7.36. The molecule has 0 unspecified atom stereocenters. The average molecular weight is 457 g/mol. The Morgan fingerprint density at radius 2 is 1.32 bits per heavy atom. The normalized spacial score (nSPS) is 12.5. The van der Waals surface area contributed by atoms with Crippen molar-refractivity contribution in [2.24, 2.45) is 0 Å². The Hall–Kier alpha value is -2.24. The van der Waals surface area contributed by atoms with E-state index >= 15 is 0 Å². The lowest BCUT2D eigenvalue weighted by atomic mass is 10.0. The van der Waals surface area contributed by atoms with Crippen LogP contribution in [0.3, 0.4) is 0 Å². The molecule has 0 N–H and O–H groups in total. The summed E-state index contributed by atoms with van der Waals surface area (Å²) in [5, 5.41) is -0.947. The smallest absolute Gasteiger partial charge is 0.185 e. The summed E-state index contributed by atoms with van der Waals surface area (Å²) in [5.41, 5.74) is 3.15. The van der Waals surface area contributed by atoms with Gasteiger partial charge < -0.3 is 0 Å². The summed E-state index contributed by atoms with van der Waals surface area (Å²) in [5.74, 6) is -0.191. The number of rotatable bonds is 6. The van der Waals surface area contributed by atoms with Gasteiger partial charge >= 0.3 is 0 Å². The number of halogens is 1. The highest BCUT2D eigenvalue weighted by Crippen LogP contribution is 2.33. The van der Waals surface area contributed by atoms with Gasteiger partial charge in [-0.3, -0.25) is 4.79 Å². The van der Waals surface area contributed by atoms with Crippen molar-refractivity contribution < 1.29 is 13.2 Å². The molecular weight excluding hydrogens is 436 g/mol. The largest absolute Gasteiger partial charge is 0.294 e. The minimum atomic E-state index is -3.73. The highest BCUT2D eigenvalue weighted by molar-refractivity contribution is 9.10. The Balaban J connectivity index is 2.02. The number of benzene rings is 3. The van der Waals surface area contributed by atoms with Crippen molar-refractivity contribution >= 4 is 31.6 Å². The molecule has 0 saturated heterocycles. The van der Waals surface area contributed by atoms with E-state index in [0.29, 0.717) is 11.1 Å². The molecule has 28 heavy (non-hydrogen) atoms. The van der Waals surface area contributed by atoms with Crippen LogP contribution in [0.4, 0.5) is 0 Å². The predicted molar refractivity (Wildman–Crippen MR) is 115 cm³/mol. The molecule has 0 fully saturated rings. The molecule has 0 aliphatic heterocycles. The Morgan fingerprint density at radius 1 is 0.821 bits per heavy atom. The van der Waals surface area contributed by atoms with Crippen molar-refractivity contribution in [3.63, 3.8) is 0 Å². The summed E-state index contributed by atoms with van der Waals surface area (Å²) >= 11 is 3.38. The van der Waals surface area contributed by atoms with Gasteiger partial charge in [-0.15, -0.1) is 0 Å². The Bertz CT molecular complexity index is 1070. The molecule has 144 valence electrons. The minimum absolute atomic E-state index is 0.110. The lowest BCUT2D eigenvalue weighted by Gasteiger charge is -2.18. The number of sulfone groups is 1. The average Bonchev–Trinajstić information content (AvgIpc) is 2.67. The molecule has 5 heteroatoms. The molecule has 0 radical (unpaired) electrons. The van der Waals surface area contributed by atoms with Gasteiger partial charge in [0.05, 0.1) is 10.1 Å². The molecule has 0 spiro atoms. The van der Waals surface area contributed by atoms with Crippen molar-refractivity contribution in [1.82, 2.24) is 0 Å². The fourth-order valence-corrected chi connectivity index (χ4v) is 5.00. The number of ketones is 1. The van der Waals surface area contributed by atoms with E-state index in [-0.39, 0.29) is 17.1 Å². The highest BCUT2D eigenvalue weighted by Gasteiger charge is 2.31. The number of carbonyl (C=O) groups excluding carboxylic acids is 1. The first-order valence-electron chi connectivity index (χ1n) is 8.93. The van der Waals surface area contributed by atoms with E-state index in [2.05, 4.69) is 15.9 Å². The fraction of sp³-hybridized carbons (Fsp3) is 0.174. The predicted octanol–water partition coefficient (Wildman–Crippen LogP) is 5.85. The summed E-state index contributed by atoms with van der Waals surface area (Å²) in [7, 11) is -3.73. The molecule has 0 bridgehead atoms. The van der Waals surface area contributed by atoms with Crippen molar-refractivity contribution in [3.05, 3.63) is 99.5 Å². The third-order valence-electron chi connectivity index (χ3n) is 4.71. The second-order valence-corrected chi connectivity index (χ2v) is 9.94. The summed E-state index contributed by atoms with van der Waals surface area (Å²) in [6.07, 6.45) is -0.110. The molecule has 3 aromatic rings. The summed E-state index contributed by atoms with van der Waals surface area (Å²) < 4.78 is 27.6. The minimum Gasteiger partial charge on any atom is -0.294 e. The standard InChI is InChI=1S/C23H21BrO3S/c1-16-3-7-18(8-4-16)22(25)15-23(19-9-11-20(24)12-10-19)28(26,27)21-13-5-17(2)6-14-21/h3-14,23H,15H2,1-2H3/t23-/m0/s1. The number of carbonyl (C=O) groups is 1. The molecule has 3 nitrogen and oxygen atoms in total. The molecule has 0 aromatic heterocycles. The van der Waals surface area contributed by atoms with Crippen LogP contribution in [0.2, 0.25) is 0 Å². The quantitative estimate of drug-likeness (QED) is 0.436. The van der Waals surface area contributed by atoms with E-state index in [9.17, 15) is 13.2 Å². The molecule has 0 aliphatic rings. The van der Waals surface area contributed by atoms with Gasteiger partial charge in [0.25, 0.3) is 0 Å². The van der Waals surface area contributed by atoms with Crippen LogP contribution >= 0.6 is 15.9 Å². The zero-order valence-corrected chi connectivity index (χ0v) is 18.1. The maximum Gasteiger partial charge on any atom is 0.185 e. The van der Waals surface area contributed by atoms with Crippen LogP contribution in [0.25, 0.3) is 0 Å². The summed E-state index contributed by atoms with van der Waals surface area (Å²) in [4.78, 5) is 13.1. The second kappa shape index (κ2) is 8.41. The molecule has 0 amide bonds. The molecule has 0 heterocycles. The maximum atomic E-state index is 13.4. The molecule has 3 rings (SSSR count). The van der Waals surface area contributed by atoms with Crippen LogP contribution in [0.1, 0.15) is 38.7 Å². The molecule has 0 saturated carbocycles. The van der Waals surface area contributed by atoms with Gasteiger partial charge in [0.15, 0.2) is 15.6 Å². The first-order valence-corrected chi connectivity index (χ1v) is 11.3. The van der Waals surface area contributed by atoms with Gasteiger partial charge in [0.2, 0.25) is 0 Å². The van der Waals surface area contributed by atoms with Gasteiger partial charge in [0, 0.05) is 16.5 Å². The maximum absolute atomic E-state index is 13.4. The van der Waals surface area contributed by atoms with Crippen molar-refractivity contribution in [2.45, 2.75) is 30.4 Å². The van der Waals surface area contributed by atoms with E-state index in [1.807, 2.05) is 26.0 Å². The van der Waals surface area contributed by atoms with Crippen LogP contribution in [-0.2, 0) is 9.84 Å². The number of hydrogen-bond donors (Lipinski definition) is 0. The van der Waals surface area contributed by atoms with Gasteiger partial charge in [-0.25, -0.2) is 8.42 Å². The van der Waals surface area contributed by atoms with Crippen molar-refractivity contribution in [1.29, 1.82) is 0 Å². The number of Topliss-reactive ketones (excluding diaryl/α,β-unsaturated/α-hetero) is 1. The molecule has 3 aromatic carbocycles. The zero-order valence-electron chi connectivity index (χ0n) is 15.7. The Labute approximate surface area is 174 Å². The van der Waals surface area contributed by atoms with Crippen LogP contribution in [0.15, 0.2) is 82.2 Å². The van der Waals surface area contributed by atoms with Crippen molar-refractivity contribution in [2.75, 3.05) is 0 Å². The first kappa shape index (κ1) is 20.5. The van der Waals surface area contributed by atoms with Crippen LogP contribution in [0, 0.1) is 13.8 Å². The van der Waals surface area contributed by atoms with Crippen LogP contribution in [0.5, 0.6) is 0 Å². The topological polar surface area (TPSA) is 51.2 Å². The number of hydrogen-bond acceptors (Lipinski definition) is 3. The van der Waals surface area contributed by atoms with E-state index < -0.39 is 15.1 Å². The first-order chi connectivity index (χ1) is 13.3. The monoisotopic (exact) mass is 456 g/mol. The van der Waals surface area contributed by atoms with Crippen LogP contribution in [-0.4, -0.2) is 14.2 Å². The lowest BCUT2D eigenvalue weighted by Crippen LogP contribution is -2.18. The van der Waals surface area contributed by atoms with Gasteiger partial charge in [-0.2, -0.15) is 0 Å². The SMILES string of the molecule is Cc1ccc(C(=O)C[C@@H](c2ccc(Br)cc2)S(=O)(=O)c2ccc(C)cc2)cc1. The molecule has 0 aliphatic carbocycles. The summed E-state index contributed by atoms with van der Waals surface area (Å²) in [6.45, 7) is 3.85. The number of aryl methyl sites for hydroxylation is 2. The van der Waals surface area contributed by atoms with E-state index in [1.54, 1.807) is 60.7 Å². The van der Waals surface area contributed by atoms with E-state index in [1.165, 1.54) is 0 Å². The lowest BCUT2D eigenvalue weighted by molar-refractivity contribution is 0.0980. The third kappa shape index (κ3) is 4.59. The molecule has 1 atom stereocenters. The second-order valence-electron chi connectivity index (χ2n) is 6.89. The highest BCUT2D eigenvalue weighted by atomic mass is 79.9. The fourth-order valence-electron chi connectivity index (χ4n) is 3.00. The van der Waals surface area contributed by atoms with Gasteiger partial charge in [0.1, 0.15) is 0 Å². The zero-order chi connectivity index (χ0) is 20.3. The van der Waals surface area contributed by atoms with Crippen LogP contribution < -0.4 is 0 Å². The summed E-state index contributed by atoms with van der Waals surface area (Å²) in [6, 6.07) is 21.1. The van der Waals surface area contributed by atoms with Gasteiger partial charge in [-0.05, 0) is 43.7 Å². The Morgan fingerprint density at radius 3 is 1.86 bits per heavy atom.